The van der Waals surface area contributed by atoms with Crippen LogP contribution in [0, 0.1) is 0 Å². The summed E-state index contributed by atoms with van der Waals surface area (Å²) in [6.45, 7) is 0. The van der Waals surface area contributed by atoms with Gasteiger partial charge in [-0.3, -0.25) is 4.79 Å². The van der Waals surface area contributed by atoms with E-state index in [-0.39, 0.29) is 5.78 Å². The predicted molar refractivity (Wildman–Crippen MR) is 128 cm³/mol. The maximum absolute atomic E-state index is 13.2. The van der Waals surface area contributed by atoms with E-state index in [0.29, 0.717) is 46.9 Å². The number of carbonyl (C=O) groups is 1. The lowest BCUT2D eigenvalue weighted by Crippen LogP contribution is -2.01. The topological polar surface area (TPSA) is 17.1 Å². The summed E-state index contributed by atoms with van der Waals surface area (Å²) in [5, 5.41) is 2.47. The Kier molecular flexibility index (Phi) is 7.98. The highest BCUT2D eigenvalue weighted by Crippen LogP contribution is 2.34. The maximum Gasteiger partial charge on any atom is 0.199 e. The van der Waals surface area contributed by atoms with Gasteiger partial charge >= 0.3 is 0 Å². The van der Waals surface area contributed by atoms with Crippen molar-refractivity contribution >= 4 is 81.6 Å². The van der Waals surface area contributed by atoms with Crippen molar-refractivity contribution in [3.05, 3.63) is 107 Å². The summed E-state index contributed by atoms with van der Waals surface area (Å²) in [6, 6.07) is 17.3. The molecule has 0 unspecified atom stereocenters. The molecule has 0 aliphatic carbocycles. The van der Waals surface area contributed by atoms with Crippen LogP contribution in [0.1, 0.15) is 21.5 Å². The molecule has 0 radical (unpaired) electrons. The van der Waals surface area contributed by atoms with Crippen molar-refractivity contribution in [1.29, 1.82) is 0 Å². The fourth-order valence-electron chi connectivity index (χ4n) is 2.48. The Morgan fingerprint density at radius 1 is 0.828 bits per heavy atom. The first kappa shape index (κ1) is 22.6. The van der Waals surface area contributed by atoms with Gasteiger partial charge < -0.3 is 0 Å². The van der Waals surface area contributed by atoms with E-state index in [2.05, 4.69) is 0 Å². The predicted octanol–water partition coefficient (Wildman–Crippen LogP) is 9.11. The van der Waals surface area contributed by atoms with Crippen LogP contribution in [0.25, 0.3) is 6.08 Å². The summed E-state index contributed by atoms with van der Waals surface area (Å²) < 4.78 is 0. The SMILES string of the molecule is O=C(/C(=C\c1cccc(Cl)c1Cl)SCc1ccc(Cl)cc1Cl)c1ccc(Cl)cc1. The number of hydrogen-bond acceptors (Lipinski definition) is 2. The molecule has 1 nitrogen and oxygen atoms in total. The summed E-state index contributed by atoms with van der Waals surface area (Å²) in [4.78, 5) is 13.7. The van der Waals surface area contributed by atoms with E-state index in [4.69, 9.17) is 58.0 Å². The quantitative estimate of drug-likeness (QED) is 0.247. The third-order valence-corrected chi connectivity index (χ3v) is 6.74. The largest absolute Gasteiger partial charge is 0.288 e. The lowest BCUT2D eigenvalue weighted by atomic mass is 10.1. The van der Waals surface area contributed by atoms with Crippen molar-refractivity contribution in [3.63, 3.8) is 0 Å². The second-order valence-corrected chi connectivity index (χ2v) is 9.09. The number of rotatable bonds is 6. The molecule has 0 bridgehead atoms. The minimum Gasteiger partial charge on any atom is -0.288 e. The van der Waals surface area contributed by atoms with Gasteiger partial charge in [0, 0.05) is 26.4 Å². The summed E-state index contributed by atoms with van der Waals surface area (Å²) in [5.41, 5.74) is 2.05. The van der Waals surface area contributed by atoms with Crippen LogP contribution in [0.3, 0.4) is 0 Å². The van der Waals surface area contributed by atoms with E-state index in [1.807, 2.05) is 6.07 Å². The van der Waals surface area contributed by atoms with Crippen LogP contribution >= 0.6 is 69.8 Å². The zero-order valence-electron chi connectivity index (χ0n) is 14.8. The van der Waals surface area contributed by atoms with Crippen LogP contribution in [0.5, 0.6) is 0 Å². The van der Waals surface area contributed by atoms with Crippen LogP contribution in [0.2, 0.25) is 25.1 Å². The van der Waals surface area contributed by atoms with Crippen molar-refractivity contribution in [2.45, 2.75) is 5.75 Å². The van der Waals surface area contributed by atoms with Crippen molar-refractivity contribution in [2.75, 3.05) is 0 Å². The standard InChI is InChI=1S/C22H13Cl5OS/c23-16-7-4-13(5-8-16)22(28)20(10-14-2-1-3-18(25)21(14)27)29-12-15-6-9-17(24)11-19(15)26/h1-11H,12H2/b20-10+. The van der Waals surface area contributed by atoms with E-state index in [0.717, 1.165) is 5.56 Å². The van der Waals surface area contributed by atoms with Crippen LogP contribution in [0.4, 0.5) is 0 Å². The van der Waals surface area contributed by atoms with Crippen molar-refractivity contribution in [1.82, 2.24) is 0 Å². The molecule has 0 heterocycles. The van der Waals surface area contributed by atoms with Gasteiger partial charge in [0.1, 0.15) is 0 Å². The summed E-state index contributed by atoms with van der Waals surface area (Å²) in [6.07, 6.45) is 1.74. The molecule has 3 aromatic carbocycles. The fourth-order valence-corrected chi connectivity index (χ4v) is 4.55. The maximum atomic E-state index is 13.2. The lowest BCUT2D eigenvalue weighted by Gasteiger charge is -2.10. The Bertz CT molecular complexity index is 1080. The molecule has 0 amide bonds. The van der Waals surface area contributed by atoms with Crippen molar-refractivity contribution in [2.24, 2.45) is 0 Å². The second-order valence-electron chi connectivity index (χ2n) is 6.01. The number of benzene rings is 3. The Morgan fingerprint density at radius 2 is 1.52 bits per heavy atom. The molecular formula is C22H13Cl5OS. The summed E-state index contributed by atoms with van der Waals surface area (Å²) >= 11 is 32.0. The van der Waals surface area contributed by atoms with Crippen molar-refractivity contribution < 1.29 is 4.79 Å². The Morgan fingerprint density at radius 3 is 2.21 bits per heavy atom. The highest BCUT2D eigenvalue weighted by atomic mass is 35.5. The van der Waals surface area contributed by atoms with Gasteiger partial charge in [-0.2, -0.15) is 0 Å². The molecule has 3 aromatic rings. The minimum absolute atomic E-state index is 0.146. The summed E-state index contributed by atoms with van der Waals surface area (Å²) in [5.74, 6) is 0.340. The van der Waals surface area contributed by atoms with Gasteiger partial charge in [0.25, 0.3) is 0 Å². The molecule has 3 rings (SSSR count). The third kappa shape index (κ3) is 5.95. The number of thioether (sulfide) groups is 1. The van der Waals surface area contributed by atoms with Gasteiger partial charge in [0.05, 0.1) is 15.0 Å². The Labute approximate surface area is 198 Å². The van der Waals surface area contributed by atoms with Crippen molar-refractivity contribution in [3.8, 4) is 0 Å². The molecule has 0 spiro atoms. The lowest BCUT2D eigenvalue weighted by molar-refractivity contribution is 0.104. The average Bonchev–Trinajstić information content (AvgIpc) is 2.69. The van der Waals surface area contributed by atoms with Gasteiger partial charge in [-0.1, -0.05) is 76.2 Å². The summed E-state index contributed by atoms with van der Waals surface area (Å²) in [7, 11) is 0. The van der Waals surface area contributed by atoms with Crippen LogP contribution in [-0.2, 0) is 5.75 Å². The average molecular weight is 503 g/mol. The molecule has 0 atom stereocenters. The molecule has 29 heavy (non-hydrogen) atoms. The van der Waals surface area contributed by atoms with Gasteiger partial charge in [0.15, 0.2) is 5.78 Å². The zero-order valence-corrected chi connectivity index (χ0v) is 19.4. The number of hydrogen-bond donors (Lipinski definition) is 0. The number of Topliss-reactive ketones (excluding diaryl/α,β-unsaturated/α-hetero) is 1. The van der Waals surface area contributed by atoms with Crippen LogP contribution < -0.4 is 0 Å². The molecular weight excluding hydrogens is 490 g/mol. The first-order chi connectivity index (χ1) is 13.8. The minimum atomic E-state index is -0.146. The highest BCUT2D eigenvalue weighted by molar-refractivity contribution is 8.03. The Balaban J connectivity index is 1.96. The van der Waals surface area contributed by atoms with Gasteiger partial charge in [-0.25, -0.2) is 0 Å². The van der Waals surface area contributed by atoms with Gasteiger partial charge in [0.2, 0.25) is 0 Å². The number of carbonyl (C=O) groups excluding carboxylic acids is 1. The molecule has 0 aliphatic heterocycles. The van der Waals surface area contributed by atoms with Gasteiger partial charge in [-0.05, 0) is 59.7 Å². The molecule has 0 aliphatic rings. The Hall–Kier alpha value is -1.13. The highest BCUT2D eigenvalue weighted by Gasteiger charge is 2.16. The number of ketones is 1. The van der Waals surface area contributed by atoms with E-state index >= 15 is 0 Å². The van der Waals surface area contributed by atoms with E-state index in [9.17, 15) is 4.79 Å². The van der Waals surface area contributed by atoms with Crippen LogP contribution in [0.15, 0.2) is 65.6 Å². The third-order valence-electron chi connectivity index (χ3n) is 4.00. The molecule has 7 heteroatoms. The van der Waals surface area contributed by atoms with Crippen LogP contribution in [-0.4, -0.2) is 5.78 Å². The zero-order chi connectivity index (χ0) is 21.0. The molecule has 0 fully saturated rings. The molecule has 0 aromatic heterocycles. The number of halogens is 5. The molecule has 0 saturated carbocycles. The van der Waals surface area contributed by atoms with Gasteiger partial charge in [-0.15, -0.1) is 11.8 Å². The second kappa shape index (κ2) is 10.3. The first-order valence-corrected chi connectivity index (χ1v) is 11.3. The molecule has 0 N–H and O–H groups in total. The van der Waals surface area contributed by atoms with E-state index in [1.165, 1.54) is 11.8 Å². The monoisotopic (exact) mass is 500 g/mol. The molecule has 148 valence electrons. The molecule has 0 saturated heterocycles. The smallest absolute Gasteiger partial charge is 0.199 e. The fraction of sp³-hybridized carbons (Fsp3) is 0.0455. The first-order valence-electron chi connectivity index (χ1n) is 8.38. The van der Waals surface area contributed by atoms with E-state index in [1.54, 1.807) is 60.7 Å². The van der Waals surface area contributed by atoms with E-state index < -0.39 is 0 Å². The normalized spacial score (nSPS) is 11.6. The number of allylic oxidation sites excluding steroid dienone is 1.